The Morgan fingerprint density at radius 1 is 0.967 bits per heavy atom. The molecular weight excluding hydrogens is 412 g/mol. The Hall–Kier alpha value is -3.27. The Balaban J connectivity index is 2.37. The van der Waals surface area contributed by atoms with Gasteiger partial charge in [0.25, 0.3) is 11.8 Å². The highest BCUT2D eigenvalue weighted by Crippen LogP contribution is 2.39. The van der Waals surface area contributed by atoms with Gasteiger partial charge in [0, 0.05) is 10.4 Å². The van der Waals surface area contributed by atoms with E-state index >= 15 is 0 Å². The van der Waals surface area contributed by atoms with Crippen molar-refractivity contribution >= 4 is 34.2 Å². The van der Waals surface area contributed by atoms with Crippen LogP contribution in [0.5, 0.6) is 17.2 Å². The van der Waals surface area contributed by atoms with Gasteiger partial charge in [-0.2, -0.15) is 0 Å². The fourth-order valence-corrected chi connectivity index (χ4v) is 3.75. The van der Waals surface area contributed by atoms with Crippen LogP contribution in [-0.2, 0) is 4.74 Å². The molecule has 0 unspecified atom stereocenters. The van der Waals surface area contributed by atoms with Crippen LogP contribution < -0.4 is 24.8 Å². The van der Waals surface area contributed by atoms with Gasteiger partial charge in [-0.25, -0.2) is 4.79 Å². The summed E-state index contributed by atoms with van der Waals surface area (Å²) in [5, 5.41) is 5.20. The lowest BCUT2D eigenvalue weighted by atomic mass is 10.1. The number of thiophene rings is 1. The third kappa shape index (κ3) is 4.82. The number of carbonyl (C=O) groups excluding carboxylic acids is 3. The molecule has 2 rings (SSSR count). The number of ether oxygens (including phenoxy) is 4. The molecule has 0 radical (unpaired) electrons. The van der Waals surface area contributed by atoms with E-state index < -0.39 is 17.9 Å². The number of methoxy groups -OCH3 is 3. The molecule has 0 saturated heterocycles. The quantitative estimate of drug-likeness (QED) is 0.683. The minimum Gasteiger partial charge on any atom is -0.493 e. The summed E-state index contributed by atoms with van der Waals surface area (Å²) in [4.78, 5) is 37.9. The zero-order chi connectivity index (χ0) is 22.4. The van der Waals surface area contributed by atoms with Gasteiger partial charge in [0.05, 0.1) is 33.5 Å². The molecule has 0 fully saturated rings. The first-order valence-corrected chi connectivity index (χ1v) is 9.78. The molecule has 10 heteroatoms. The summed E-state index contributed by atoms with van der Waals surface area (Å²) in [7, 11) is 4.36. The molecule has 162 valence electrons. The Morgan fingerprint density at radius 2 is 1.57 bits per heavy atom. The van der Waals surface area contributed by atoms with Crippen LogP contribution in [-0.4, -0.2) is 45.8 Å². The Labute approximate surface area is 178 Å². The summed E-state index contributed by atoms with van der Waals surface area (Å²) in [5.41, 5.74) is 1.10. The van der Waals surface area contributed by atoms with Gasteiger partial charge < -0.3 is 24.3 Å². The number of rotatable bonds is 7. The van der Waals surface area contributed by atoms with Gasteiger partial charge >= 0.3 is 6.09 Å². The van der Waals surface area contributed by atoms with Gasteiger partial charge in [0.2, 0.25) is 5.75 Å². The highest BCUT2D eigenvalue weighted by Gasteiger charge is 2.24. The van der Waals surface area contributed by atoms with Crippen molar-refractivity contribution in [2.75, 3.05) is 33.3 Å². The van der Waals surface area contributed by atoms with E-state index in [9.17, 15) is 14.4 Å². The monoisotopic (exact) mass is 436 g/mol. The highest BCUT2D eigenvalue weighted by atomic mass is 32.1. The predicted molar refractivity (Wildman–Crippen MR) is 112 cm³/mol. The van der Waals surface area contributed by atoms with Gasteiger partial charge in [-0.3, -0.25) is 14.9 Å². The SMILES string of the molecule is CCOC(=O)NC(=O)c1c(NC(=O)c2cc(OC)c(OC)c(OC)c2)sc(C)c1C. The lowest BCUT2D eigenvalue weighted by molar-refractivity contribution is 0.0925. The van der Waals surface area contributed by atoms with Gasteiger partial charge in [-0.1, -0.05) is 0 Å². The standard InChI is InChI=1S/C20H24N2O7S/c1-7-29-20(25)22-18(24)15-10(2)11(3)30-19(15)21-17(23)12-8-13(26-4)16(28-6)14(9-12)27-5/h8-9H,7H2,1-6H3,(H,21,23)(H,22,24,25). The van der Waals surface area contributed by atoms with E-state index in [0.717, 1.165) is 4.88 Å². The van der Waals surface area contributed by atoms with Crippen LogP contribution in [0.15, 0.2) is 12.1 Å². The zero-order valence-electron chi connectivity index (χ0n) is 17.6. The van der Waals surface area contributed by atoms with E-state index in [-0.39, 0.29) is 17.7 Å². The molecule has 2 N–H and O–H groups in total. The maximum atomic E-state index is 12.9. The molecule has 0 atom stereocenters. The van der Waals surface area contributed by atoms with Crippen LogP contribution in [0.3, 0.4) is 0 Å². The minimum atomic E-state index is -0.854. The molecule has 1 aromatic carbocycles. The van der Waals surface area contributed by atoms with Crippen LogP contribution in [0, 0.1) is 13.8 Å². The lowest BCUT2D eigenvalue weighted by Gasteiger charge is -2.14. The minimum absolute atomic E-state index is 0.130. The second-order valence-corrected chi connectivity index (χ2v) is 7.25. The van der Waals surface area contributed by atoms with Crippen LogP contribution in [0.1, 0.15) is 38.1 Å². The van der Waals surface area contributed by atoms with E-state index in [2.05, 4.69) is 10.6 Å². The van der Waals surface area contributed by atoms with Crippen LogP contribution in [0.25, 0.3) is 0 Å². The lowest BCUT2D eigenvalue weighted by Crippen LogP contribution is -2.31. The number of amides is 3. The first-order chi connectivity index (χ1) is 14.3. The molecule has 30 heavy (non-hydrogen) atoms. The maximum Gasteiger partial charge on any atom is 0.414 e. The Morgan fingerprint density at radius 3 is 2.07 bits per heavy atom. The number of carbonyl (C=O) groups is 3. The van der Waals surface area contributed by atoms with Crippen molar-refractivity contribution in [2.45, 2.75) is 20.8 Å². The van der Waals surface area contributed by atoms with Crippen molar-refractivity contribution in [1.29, 1.82) is 0 Å². The first-order valence-electron chi connectivity index (χ1n) is 8.96. The largest absolute Gasteiger partial charge is 0.493 e. The fourth-order valence-electron chi connectivity index (χ4n) is 2.70. The number of benzene rings is 1. The molecule has 1 aromatic heterocycles. The number of aryl methyl sites for hydroxylation is 1. The summed E-state index contributed by atoms with van der Waals surface area (Å²) in [6.07, 6.45) is -0.854. The molecule has 0 aliphatic heterocycles. The third-order valence-electron chi connectivity index (χ3n) is 4.26. The predicted octanol–water partition coefficient (Wildman–Crippen LogP) is 3.53. The summed E-state index contributed by atoms with van der Waals surface area (Å²) in [6, 6.07) is 3.00. The summed E-state index contributed by atoms with van der Waals surface area (Å²) in [5.74, 6) is -0.147. The topological polar surface area (TPSA) is 112 Å². The normalized spacial score (nSPS) is 10.2. The number of hydrogen-bond acceptors (Lipinski definition) is 8. The molecule has 3 amide bonds. The third-order valence-corrected chi connectivity index (χ3v) is 5.38. The molecule has 2 aromatic rings. The van der Waals surface area contributed by atoms with E-state index in [1.54, 1.807) is 13.8 Å². The van der Waals surface area contributed by atoms with Crippen molar-refractivity contribution in [3.63, 3.8) is 0 Å². The molecule has 0 bridgehead atoms. The van der Waals surface area contributed by atoms with Crippen LogP contribution in [0.4, 0.5) is 9.80 Å². The number of nitrogens with one attached hydrogen (secondary N) is 2. The van der Waals surface area contributed by atoms with Gasteiger partial charge in [-0.15, -0.1) is 11.3 Å². The smallest absolute Gasteiger partial charge is 0.414 e. The van der Waals surface area contributed by atoms with Crippen LogP contribution in [0.2, 0.25) is 0 Å². The van der Waals surface area contributed by atoms with E-state index in [0.29, 0.717) is 27.8 Å². The highest BCUT2D eigenvalue weighted by molar-refractivity contribution is 7.16. The molecule has 0 aliphatic rings. The summed E-state index contributed by atoms with van der Waals surface area (Å²) < 4.78 is 20.6. The van der Waals surface area contributed by atoms with Crippen molar-refractivity contribution < 1.29 is 33.3 Å². The van der Waals surface area contributed by atoms with Gasteiger partial charge in [0.1, 0.15) is 5.00 Å². The number of hydrogen-bond donors (Lipinski definition) is 2. The number of anilines is 1. The fraction of sp³-hybridized carbons (Fsp3) is 0.350. The average molecular weight is 436 g/mol. The second kappa shape index (κ2) is 9.97. The Bertz CT molecular complexity index is 943. The molecule has 9 nitrogen and oxygen atoms in total. The van der Waals surface area contributed by atoms with Crippen molar-refractivity contribution in [3.8, 4) is 17.2 Å². The van der Waals surface area contributed by atoms with Gasteiger partial charge in [-0.05, 0) is 38.5 Å². The molecular formula is C20H24N2O7S. The van der Waals surface area contributed by atoms with Crippen molar-refractivity contribution in [1.82, 2.24) is 5.32 Å². The number of alkyl carbamates (subject to hydrolysis) is 1. The van der Waals surface area contributed by atoms with E-state index in [1.807, 2.05) is 6.92 Å². The van der Waals surface area contributed by atoms with Crippen molar-refractivity contribution in [3.05, 3.63) is 33.7 Å². The summed E-state index contributed by atoms with van der Waals surface area (Å²) >= 11 is 1.23. The summed E-state index contributed by atoms with van der Waals surface area (Å²) in [6.45, 7) is 5.32. The maximum absolute atomic E-state index is 12.9. The zero-order valence-corrected chi connectivity index (χ0v) is 18.4. The average Bonchev–Trinajstić information content (AvgIpc) is 2.99. The molecule has 0 aliphatic carbocycles. The number of imide groups is 1. The molecule has 0 saturated carbocycles. The first kappa shape index (κ1) is 23.0. The second-order valence-electron chi connectivity index (χ2n) is 6.03. The van der Waals surface area contributed by atoms with Crippen LogP contribution >= 0.6 is 11.3 Å². The Kier molecular flexibility index (Phi) is 7.65. The molecule has 0 spiro atoms. The van der Waals surface area contributed by atoms with E-state index in [4.69, 9.17) is 18.9 Å². The van der Waals surface area contributed by atoms with Crippen molar-refractivity contribution in [2.24, 2.45) is 0 Å². The van der Waals surface area contributed by atoms with E-state index in [1.165, 1.54) is 44.8 Å². The van der Waals surface area contributed by atoms with Gasteiger partial charge in [0.15, 0.2) is 11.5 Å². The molecule has 1 heterocycles.